The lowest BCUT2D eigenvalue weighted by Gasteiger charge is -2.11. The number of hydrogen-bond donors (Lipinski definition) is 0. The van der Waals surface area contributed by atoms with E-state index in [1.54, 1.807) is 0 Å². The smallest absolute Gasteiger partial charge is 0.182 e. The minimum Gasteiger partial charge on any atom is -0.309 e. The molecule has 12 aromatic rings. The van der Waals surface area contributed by atoms with Crippen molar-refractivity contribution in [1.29, 1.82) is 0 Å². The predicted molar refractivity (Wildman–Crippen MR) is 253 cm³/mol. The topological polar surface area (TPSA) is 61.4 Å². The summed E-state index contributed by atoms with van der Waals surface area (Å²) in [5.41, 5.74) is 14.0. The fourth-order valence-electron chi connectivity index (χ4n) is 8.99. The summed E-state index contributed by atoms with van der Waals surface area (Å²) >= 11 is 0. The van der Waals surface area contributed by atoms with Gasteiger partial charge in [-0.1, -0.05) is 146 Å². The van der Waals surface area contributed by atoms with Crippen LogP contribution in [-0.4, -0.2) is 29.1 Å². The van der Waals surface area contributed by atoms with E-state index in [1.807, 2.05) is 66.9 Å². The van der Waals surface area contributed by atoms with Crippen molar-refractivity contribution in [3.05, 3.63) is 219 Å². The molecule has 0 radical (unpaired) electrons. The first kappa shape index (κ1) is 35.5. The first-order chi connectivity index (χ1) is 30.7. The molecule has 62 heavy (non-hydrogen) atoms. The molecule has 8 aromatic carbocycles. The van der Waals surface area contributed by atoms with Crippen molar-refractivity contribution in [1.82, 2.24) is 29.1 Å². The third-order valence-electron chi connectivity index (χ3n) is 11.8. The van der Waals surface area contributed by atoms with Crippen LogP contribution >= 0.6 is 0 Å². The second-order valence-electron chi connectivity index (χ2n) is 15.5. The third-order valence-corrected chi connectivity index (χ3v) is 11.8. The number of benzene rings is 8. The zero-order chi connectivity index (χ0) is 41.0. The summed E-state index contributed by atoms with van der Waals surface area (Å²) in [6.07, 6.45) is 1.84. The lowest BCUT2D eigenvalue weighted by molar-refractivity contribution is 1.06. The van der Waals surface area contributed by atoms with Crippen LogP contribution in [0.5, 0.6) is 0 Å². The van der Waals surface area contributed by atoms with Gasteiger partial charge in [0.25, 0.3) is 0 Å². The SMILES string of the molecule is c1ccc(-c2nc(-c3ccccc3)nc(-c3cc(-c4ccc5c(c4)c4ccccc4n5-c4ccc(-c5cccc6c5c5ccccc5n6-c5ccccc5)cc4)ccn3)n2)cc1. The molecule has 6 heteroatoms. The zero-order valence-corrected chi connectivity index (χ0v) is 33.5. The number of pyridine rings is 1. The van der Waals surface area contributed by atoms with Gasteiger partial charge in [0.2, 0.25) is 0 Å². The van der Waals surface area contributed by atoms with E-state index >= 15 is 0 Å². The lowest BCUT2D eigenvalue weighted by atomic mass is 9.99. The molecular weight excluding hydrogens is 757 g/mol. The van der Waals surface area contributed by atoms with Crippen molar-refractivity contribution in [3.8, 4) is 67.9 Å². The maximum absolute atomic E-state index is 4.94. The largest absolute Gasteiger partial charge is 0.309 e. The number of hydrogen-bond acceptors (Lipinski definition) is 4. The lowest BCUT2D eigenvalue weighted by Crippen LogP contribution is -2.01. The van der Waals surface area contributed by atoms with Crippen LogP contribution in [0.2, 0.25) is 0 Å². The molecule has 0 atom stereocenters. The van der Waals surface area contributed by atoms with Gasteiger partial charge in [-0.05, 0) is 89.0 Å². The Balaban J connectivity index is 0.939. The predicted octanol–water partition coefficient (Wildman–Crippen LogP) is 13.8. The monoisotopic (exact) mass is 792 g/mol. The van der Waals surface area contributed by atoms with Crippen molar-refractivity contribution in [3.63, 3.8) is 0 Å². The standard InChI is InChI=1S/C56H36N6/c1-4-15-38(16-5-1)54-58-55(39-17-6-2-7-18-39)60-56(59-54)48-36-41(33-34-57-48)40-29-32-51-47(35-40)45-21-10-12-24-49(45)61(51)43-30-27-37(28-31-43)44-23-14-26-52-53(44)46-22-11-13-25-50(46)62(52)42-19-8-3-9-20-42/h1-36H. The van der Waals surface area contributed by atoms with E-state index in [1.165, 1.54) is 43.7 Å². The van der Waals surface area contributed by atoms with Gasteiger partial charge in [-0.3, -0.25) is 4.98 Å². The van der Waals surface area contributed by atoms with Gasteiger partial charge in [-0.25, -0.2) is 15.0 Å². The summed E-state index contributed by atoms with van der Waals surface area (Å²) in [5.74, 6) is 1.74. The highest BCUT2D eigenvalue weighted by atomic mass is 15.0. The fraction of sp³-hybridized carbons (Fsp3) is 0. The Hall–Kier alpha value is -8.48. The van der Waals surface area contributed by atoms with E-state index in [0.29, 0.717) is 23.2 Å². The van der Waals surface area contributed by atoms with Crippen LogP contribution < -0.4 is 0 Å². The van der Waals surface area contributed by atoms with Gasteiger partial charge >= 0.3 is 0 Å². The highest BCUT2D eigenvalue weighted by Gasteiger charge is 2.18. The van der Waals surface area contributed by atoms with Crippen molar-refractivity contribution >= 4 is 43.6 Å². The summed E-state index contributed by atoms with van der Waals surface area (Å²) < 4.78 is 4.75. The van der Waals surface area contributed by atoms with E-state index in [2.05, 4.69) is 161 Å². The van der Waals surface area contributed by atoms with Gasteiger partial charge in [0, 0.05) is 50.2 Å². The average Bonchev–Trinajstić information content (AvgIpc) is 3.87. The average molecular weight is 793 g/mol. The molecule has 4 heterocycles. The van der Waals surface area contributed by atoms with E-state index < -0.39 is 0 Å². The molecule has 0 aliphatic heterocycles. The van der Waals surface area contributed by atoms with Gasteiger partial charge in [-0.15, -0.1) is 0 Å². The van der Waals surface area contributed by atoms with Gasteiger partial charge in [0.05, 0.1) is 22.1 Å². The number of fused-ring (bicyclic) bond motifs is 6. The summed E-state index contributed by atoms with van der Waals surface area (Å²) in [4.78, 5) is 19.5. The van der Waals surface area contributed by atoms with Crippen LogP contribution in [0.25, 0.3) is 112 Å². The Labute approximate surface area is 357 Å². The van der Waals surface area contributed by atoms with E-state index in [4.69, 9.17) is 19.9 Å². The number of rotatable bonds is 7. The molecule has 0 amide bonds. The highest BCUT2D eigenvalue weighted by Crippen LogP contribution is 2.40. The molecule has 0 spiro atoms. The Kier molecular flexibility index (Phi) is 8.38. The third kappa shape index (κ3) is 5.96. The van der Waals surface area contributed by atoms with Crippen LogP contribution in [0, 0.1) is 0 Å². The molecule has 0 aliphatic rings. The summed E-state index contributed by atoms with van der Waals surface area (Å²) in [6.45, 7) is 0. The van der Waals surface area contributed by atoms with E-state index in [9.17, 15) is 0 Å². The molecule has 0 saturated heterocycles. The molecule has 6 nitrogen and oxygen atoms in total. The molecule has 0 unspecified atom stereocenters. The molecule has 0 saturated carbocycles. The first-order valence-electron chi connectivity index (χ1n) is 20.8. The molecule has 0 N–H and O–H groups in total. The Morgan fingerprint density at radius 3 is 1.53 bits per heavy atom. The maximum atomic E-state index is 4.94. The second kappa shape index (κ2) is 14.7. The fourth-order valence-corrected chi connectivity index (χ4v) is 8.99. The Bertz CT molecular complexity index is 3550. The molecular formula is C56H36N6. The van der Waals surface area contributed by atoms with Crippen molar-refractivity contribution < 1.29 is 0 Å². The van der Waals surface area contributed by atoms with Gasteiger partial charge in [-0.2, -0.15) is 0 Å². The number of nitrogens with zero attached hydrogens (tertiary/aromatic N) is 6. The van der Waals surface area contributed by atoms with Gasteiger partial charge < -0.3 is 9.13 Å². The molecule has 12 rings (SSSR count). The van der Waals surface area contributed by atoms with Gasteiger partial charge in [0.15, 0.2) is 17.5 Å². The van der Waals surface area contributed by atoms with Crippen LogP contribution in [0.15, 0.2) is 219 Å². The molecule has 0 aliphatic carbocycles. The Morgan fingerprint density at radius 1 is 0.306 bits per heavy atom. The van der Waals surface area contributed by atoms with E-state index in [0.717, 1.165) is 44.7 Å². The van der Waals surface area contributed by atoms with Crippen LogP contribution in [0.4, 0.5) is 0 Å². The minimum absolute atomic E-state index is 0.527. The minimum atomic E-state index is 0.527. The zero-order valence-electron chi connectivity index (χ0n) is 33.5. The Morgan fingerprint density at radius 2 is 0.823 bits per heavy atom. The van der Waals surface area contributed by atoms with Crippen LogP contribution in [-0.2, 0) is 0 Å². The van der Waals surface area contributed by atoms with Crippen molar-refractivity contribution in [2.24, 2.45) is 0 Å². The van der Waals surface area contributed by atoms with Crippen molar-refractivity contribution in [2.45, 2.75) is 0 Å². The summed E-state index contributed by atoms with van der Waals surface area (Å²) in [5, 5.41) is 4.87. The molecule has 0 fully saturated rings. The van der Waals surface area contributed by atoms with E-state index in [-0.39, 0.29) is 0 Å². The maximum Gasteiger partial charge on any atom is 0.182 e. The number of aromatic nitrogens is 6. The van der Waals surface area contributed by atoms with Gasteiger partial charge in [0.1, 0.15) is 5.69 Å². The molecule has 0 bridgehead atoms. The molecule has 290 valence electrons. The molecule has 4 aromatic heterocycles. The quantitative estimate of drug-likeness (QED) is 0.161. The second-order valence-corrected chi connectivity index (χ2v) is 15.5. The first-order valence-corrected chi connectivity index (χ1v) is 20.8. The summed E-state index contributed by atoms with van der Waals surface area (Å²) in [7, 11) is 0. The van der Waals surface area contributed by atoms with Crippen molar-refractivity contribution in [2.75, 3.05) is 0 Å². The highest BCUT2D eigenvalue weighted by molar-refractivity contribution is 6.16. The number of para-hydroxylation sites is 3. The van der Waals surface area contributed by atoms with Crippen LogP contribution in [0.3, 0.4) is 0 Å². The van der Waals surface area contributed by atoms with Crippen LogP contribution in [0.1, 0.15) is 0 Å². The normalized spacial score (nSPS) is 11.5. The summed E-state index contributed by atoms with van der Waals surface area (Å²) in [6, 6.07) is 74.6.